The first-order chi connectivity index (χ1) is 12.0. The van der Waals surface area contributed by atoms with Gasteiger partial charge in [0.15, 0.2) is 5.03 Å². The Bertz CT molecular complexity index is 931. The average Bonchev–Trinajstić information content (AvgIpc) is 2.54. The van der Waals surface area contributed by atoms with E-state index in [1.807, 2.05) is 25.5 Å². The minimum Gasteiger partial charge on any atom is -0.384 e. The molecule has 0 aliphatic heterocycles. The summed E-state index contributed by atoms with van der Waals surface area (Å²) in [6.45, 7) is 5.81. The quantitative estimate of drug-likeness (QED) is 0.638. The molecule has 140 valence electrons. The van der Waals surface area contributed by atoms with Gasteiger partial charge in [0, 0.05) is 5.54 Å². The van der Waals surface area contributed by atoms with Crippen LogP contribution in [-0.4, -0.2) is 29.8 Å². The molecule has 0 saturated heterocycles. The standard InChI is InChI=1S/C16H20ClN5O3S/c1-4-16(2,3)21-14-10(8-9-11(17)19-14)15(23)22-26(24,25)13-7-5-6-12(18)20-13/h5-9H,4H2,1-3H3,(H2,18,20)(H,19,21)(H,22,23). The van der Waals surface area contributed by atoms with E-state index >= 15 is 0 Å². The Morgan fingerprint density at radius 3 is 2.54 bits per heavy atom. The molecule has 0 bridgehead atoms. The fourth-order valence-electron chi connectivity index (χ4n) is 1.93. The van der Waals surface area contributed by atoms with E-state index in [1.165, 1.54) is 30.3 Å². The molecule has 0 fully saturated rings. The molecule has 0 spiro atoms. The lowest BCUT2D eigenvalue weighted by Crippen LogP contribution is -2.35. The van der Waals surface area contributed by atoms with Gasteiger partial charge in [-0.05, 0) is 44.5 Å². The second-order valence-corrected chi connectivity index (χ2v) is 8.24. The topological polar surface area (TPSA) is 127 Å². The summed E-state index contributed by atoms with van der Waals surface area (Å²) < 4.78 is 26.7. The number of hydrogen-bond donors (Lipinski definition) is 3. The monoisotopic (exact) mass is 397 g/mol. The first-order valence-corrected chi connectivity index (χ1v) is 9.64. The van der Waals surface area contributed by atoms with Gasteiger partial charge in [-0.25, -0.2) is 14.7 Å². The maximum Gasteiger partial charge on any atom is 0.281 e. The fourth-order valence-corrected chi connectivity index (χ4v) is 3.02. The number of nitrogens with two attached hydrogens (primary N) is 1. The third-order valence-electron chi connectivity index (χ3n) is 3.69. The summed E-state index contributed by atoms with van der Waals surface area (Å²) >= 11 is 5.91. The van der Waals surface area contributed by atoms with Crippen molar-refractivity contribution in [2.75, 3.05) is 11.1 Å². The molecule has 0 unspecified atom stereocenters. The smallest absolute Gasteiger partial charge is 0.281 e. The average molecular weight is 398 g/mol. The highest BCUT2D eigenvalue weighted by atomic mass is 35.5. The lowest BCUT2D eigenvalue weighted by Gasteiger charge is -2.26. The third-order valence-corrected chi connectivity index (χ3v) is 5.14. The molecule has 10 heteroatoms. The zero-order valence-electron chi connectivity index (χ0n) is 14.6. The maximum absolute atomic E-state index is 12.6. The molecule has 0 aromatic carbocycles. The van der Waals surface area contributed by atoms with Gasteiger partial charge in [0.05, 0.1) is 5.56 Å². The van der Waals surface area contributed by atoms with Crippen LogP contribution in [-0.2, 0) is 10.0 Å². The number of carbonyl (C=O) groups is 1. The third kappa shape index (κ3) is 4.83. The van der Waals surface area contributed by atoms with Crippen LogP contribution < -0.4 is 15.8 Å². The van der Waals surface area contributed by atoms with E-state index in [4.69, 9.17) is 17.3 Å². The molecule has 0 aliphatic rings. The number of rotatable bonds is 6. The Morgan fingerprint density at radius 1 is 1.23 bits per heavy atom. The van der Waals surface area contributed by atoms with Crippen molar-refractivity contribution in [1.29, 1.82) is 0 Å². The highest BCUT2D eigenvalue weighted by molar-refractivity contribution is 7.90. The van der Waals surface area contributed by atoms with Crippen molar-refractivity contribution in [3.63, 3.8) is 0 Å². The summed E-state index contributed by atoms with van der Waals surface area (Å²) in [6, 6.07) is 6.93. The molecule has 0 atom stereocenters. The first-order valence-electron chi connectivity index (χ1n) is 7.78. The van der Waals surface area contributed by atoms with Crippen molar-refractivity contribution in [2.24, 2.45) is 0 Å². The number of nitrogens with one attached hydrogen (secondary N) is 2. The lowest BCUT2D eigenvalue weighted by molar-refractivity contribution is 0.0981. The Balaban J connectivity index is 2.35. The summed E-state index contributed by atoms with van der Waals surface area (Å²) in [4.78, 5) is 20.4. The normalized spacial score (nSPS) is 11.8. The number of aromatic nitrogens is 2. The zero-order chi connectivity index (χ0) is 19.5. The van der Waals surface area contributed by atoms with Gasteiger partial charge in [-0.2, -0.15) is 8.42 Å². The number of sulfonamides is 1. The largest absolute Gasteiger partial charge is 0.384 e. The zero-order valence-corrected chi connectivity index (χ0v) is 16.1. The predicted molar refractivity (Wildman–Crippen MR) is 101 cm³/mol. The number of nitrogen functional groups attached to an aromatic ring is 1. The van der Waals surface area contributed by atoms with Gasteiger partial charge in [0.2, 0.25) is 0 Å². The Kier molecular flexibility index (Phi) is 5.72. The van der Waals surface area contributed by atoms with Gasteiger partial charge in [-0.15, -0.1) is 0 Å². The minimum atomic E-state index is -4.19. The summed E-state index contributed by atoms with van der Waals surface area (Å²) in [7, 11) is -4.19. The molecule has 0 saturated carbocycles. The highest BCUT2D eigenvalue weighted by Crippen LogP contribution is 2.22. The van der Waals surface area contributed by atoms with Crippen molar-refractivity contribution in [3.05, 3.63) is 41.0 Å². The van der Waals surface area contributed by atoms with Crippen LogP contribution in [0.15, 0.2) is 35.4 Å². The summed E-state index contributed by atoms with van der Waals surface area (Å²) in [5.41, 5.74) is 5.17. The number of hydrogen-bond acceptors (Lipinski definition) is 7. The van der Waals surface area contributed by atoms with Crippen molar-refractivity contribution in [3.8, 4) is 0 Å². The van der Waals surface area contributed by atoms with E-state index in [1.54, 1.807) is 0 Å². The fraction of sp³-hybridized carbons (Fsp3) is 0.312. The molecule has 26 heavy (non-hydrogen) atoms. The van der Waals surface area contributed by atoms with E-state index in [9.17, 15) is 13.2 Å². The lowest BCUT2D eigenvalue weighted by atomic mass is 10.0. The highest BCUT2D eigenvalue weighted by Gasteiger charge is 2.25. The van der Waals surface area contributed by atoms with Gasteiger partial charge in [-0.1, -0.05) is 24.6 Å². The van der Waals surface area contributed by atoms with Gasteiger partial charge in [-0.3, -0.25) is 4.79 Å². The molecule has 8 nitrogen and oxygen atoms in total. The molecule has 1 amide bonds. The van der Waals surface area contributed by atoms with Crippen LogP contribution in [0.1, 0.15) is 37.6 Å². The van der Waals surface area contributed by atoms with Gasteiger partial charge < -0.3 is 11.1 Å². The SMILES string of the molecule is CCC(C)(C)Nc1nc(Cl)ccc1C(=O)NS(=O)(=O)c1cccc(N)n1. The number of halogens is 1. The van der Waals surface area contributed by atoms with Crippen LogP contribution in [0.4, 0.5) is 11.6 Å². The van der Waals surface area contributed by atoms with Crippen LogP contribution in [0.2, 0.25) is 5.15 Å². The summed E-state index contributed by atoms with van der Waals surface area (Å²) in [6.07, 6.45) is 0.744. The van der Waals surface area contributed by atoms with Crippen LogP contribution in [0.5, 0.6) is 0 Å². The Morgan fingerprint density at radius 2 is 1.92 bits per heavy atom. The molecular formula is C16H20ClN5O3S. The Hall–Kier alpha value is -2.39. The van der Waals surface area contributed by atoms with Gasteiger partial charge >= 0.3 is 0 Å². The molecule has 2 heterocycles. The van der Waals surface area contributed by atoms with Crippen molar-refractivity contribution >= 4 is 39.2 Å². The minimum absolute atomic E-state index is 0.0283. The maximum atomic E-state index is 12.6. The molecule has 0 radical (unpaired) electrons. The summed E-state index contributed by atoms with van der Waals surface area (Å²) in [5.74, 6) is -0.633. The first kappa shape index (κ1) is 19.9. The van der Waals surface area contributed by atoms with Gasteiger partial charge in [0.1, 0.15) is 16.8 Å². The van der Waals surface area contributed by atoms with Crippen LogP contribution in [0, 0.1) is 0 Å². The van der Waals surface area contributed by atoms with E-state index in [0.717, 1.165) is 6.42 Å². The molecule has 0 aliphatic carbocycles. The number of nitrogens with zero attached hydrogens (tertiary/aromatic N) is 2. The predicted octanol–water partition coefficient (Wildman–Crippen LogP) is 2.43. The summed E-state index contributed by atoms with van der Waals surface area (Å²) in [5, 5.41) is 2.93. The Labute approximate surface area is 157 Å². The number of amides is 1. The van der Waals surface area contributed by atoms with Crippen molar-refractivity contribution in [1.82, 2.24) is 14.7 Å². The number of carbonyl (C=O) groups excluding carboxylic acids is 1. The van der Waals surface area contributed by atoms with Crippen LogP contribution in [0.3, 0.4) is 0 Å². The second kappa shape index (κ2) is 7.46. The molecular weight excluding hydrogens is 378 g/mol. The molecule has 2 aromatic rings. The molecule has 2 aromatic heterocycles. The molecule has 4 N–H and O–H groups in total. The van der Waals surface area contributed by atoms with E-state index in [0.29, 0.717) is 0 Å². The van der Waals surface area contributed by atoms with Crippen LogP contribution >= 0.6 is 11.6 Å². The number of pyridine rings is 2. The van der Waals surface area contributed by atoms with Gasteiger partial charge in [0.25, 0.3) is 15.9 Å². The van der Waals surface area contributed by atoms with E-state index in [2.05, 4.69) is 15.3 Å². The van der Waals surface area contributed by atoms with E-state index in [-0.39, 0.29) is 32.9 Å². The molecule has 2 rings (SSSR count). The van der Waals surface area contributed by atoms with Crippen molar-refractivity contribution in [2.45, 2.75) is 37.8 Å². The van der Waals surface area contributed by atoms with Crippen molar-refractivity contribution < 1.29 is 13.2 Å². The number of anilines is 2. The van der Waals surface area contributed by atoms with Crippen LogP contribution in [0.25, 0.3) is 0 Å². The van der Waals surface area contributed by atoms with E-state index < -0.39 is 15.9 Å². The second-order valence-electron chi connectivity index (χ2n) is 6.23.